The van der Waals surface area contributed by atoms with Crippen molar-refractivity contribution in [2.75, 3.05) is 32.0 Å². The number of nitrogens with one attached hydrogen (secondary N) is 1. The fraction of sp³-hybridized carbons (Fsp3) is 0.600. The summed E-state index contributed by atoms with van der Waals surface area (Å²) < 4.78 is 10.1. The van der Waals surface area contributed by atoms with Crippen molar-refractivity contribution >= 4 is 17.5 Å². The molecule has 5 nitrogen and oxygen atoms in total. The number of ether oxygens (including phenoxy) is 2. The van der Waals surface area contributed by atoms with Crippen molar-refractivity contribution in [2.45, 2.75) is 12.5 Å². The highest BCUT2D eigenvalue weighted by atomic mass is 35.5. The molecule has 0 saturated carbocycles. The molecule has 1 heterocycles. The number of methoxy groups -OCH3 is 2. The first-order valence-corrected chi connectivity index (χ1v) is 5.52. The molecule has 90 valence electrons. The average Bonchev–Trinajstić information content (AvgIpc) is 2.30. The van der Waals surface area contributed by atoms with Crippen LogP contribution in [-0.2, 0) is 4.74 Å². The molecule has 0 spiro atoms. The van der Waals surface area contributed by atoms with Gasteiger partial charge in [-0.2, -0.15) is 4.98 Å². The second kappa shape index (κ2) is 7.24. The third kappa shape index (κ3) is 4.20. The third-order valence-electron chi connectivity index (χ3n) is 2.00. The molecule has 1 N–H and O–H groups in total. The smallest absolute Gasteiger partial charge is 0.226 e. The Morgan fingerprint density at radius 1 is 1.50 bits per heavy atom. The molecule has 0 aliphatic rings. The van der Waals surface area contributed by atoms with Crippen molar-refractivity contribution in [1.29, 1.82) is 0 Å². The molecule has 0 fully saturated rings. The van der Waals surface area contributed by atoms with Crippen LogP contribution in [0.1, 0.15) is 6.42 Å². The van der Waals surface area contributed by atoms with Gasteiger partial charge in [-0.1, -0.05) is 0 Å². The summed E-state index contributed by atoms with van der Waals surface area (Å²) in [4.78, 5) is 8.24. The molecule has 0 bridgehead atoms. The second-order valence-electron chi connectivity index (χ2n) is 3.20. The van der Waals surface area contributed by atoms with Gasteiger partial charge in [0.15, 0.2) is 0 Å². The van der Waals surface area contributed by atoms with Crippen LogP contribution in [0.25, 0.3) is 0 Å². The zero-order chi connectivity index (χ0) is 11.8. The van der Waals surface area contributed by atoms with Gasteiger partial charge in [0, 0.05) is 25.3 Å². The molecule has 0 aliphatic heterocycles. The van der Waals surface area contributed by atoms with Crippen molar-refractivity contribution in [3.8, 4) is 5.88 Å². The van der Waals surface area contributed by atoms with E-state index in [1.807, 2.05) is 0 Å². The fourth-order valence-corrected chi connectivity index (χ4v) is 1.50. The van der Waals surface area contributed by atoms with Gasteiger partial charge in [-0.15, -0.1) is 11.6 Å². The Bertz CT molecular complexity index is 306. The van der Waals surface area contributed by atoms with Crippen molar-refractivity contribution < 1.29 is 9.47 Å². The predicted molar refractivity (Wildman–Crippen MR) is 63.2 cm³/mol. The van der Waals surface area contributed by atoms with E-state index in [-0.39, 0.29) is 6.04 Å². The van der Waals surface area contributed by atoms with Crippen LogP contribution in [-0.4, -0.2) is 42.7 Å². The van der Waals surface area contributed by atoms with E-state index in [4.69, 9.17) is 21.1 Å². The van der Waals surface area contributed by atoms with Gasteiger partial charge < -0.3 is 14.8 Å². The zero-order valence-electron chi connectivity index (χ0n) is 9.44. The molecular formula is C10H16ClN3O2. The van der Waals surface area contributed by atoms with Gasteiger partial charge in [-0.3, -0.25) is 0 Å². The SMILES string of the molecule is COCC(CCCl)Nc1nccc(OC)n1. The lowest BCUT2D eigenvalue weighted by Crippen LogP contribution is -2.26. The van der Waals surface area contributed by atoms with Gasteiger partial charge in [-0.05, 0) is 6.42 Å². The van der Waals surface area contributed by atoms with E-state index in [0.29, 0.717) is 24.3 Å². The average molecular weight is 246 g/mol. The lowest BCUT2D eigenvalue weighted by atomic mass is 10.2. The number of rotatable bonds is 7. The number of hydrogen-bond donors (Lipinski definition) is 1. The Hall–Kier alpha value is -1.07. The highest BCUT2D eigenvalue weighted by Gasteiger charge is 2.09. The van der Waals surface area contributed by atoms with Gasteiger partial charge >= 0.3 is 0 Å². The van der Waals surface area contributed by atoms with Crippen LogP contribution in [0.2, 0.25) is 0 Å². The Kier molecular flexibility index (Phi) is 5.88. The molecule has 6 heteroatoms. The molecule has 0 aromatic carbocycles. The number of halogens is 1. The Morgan fingerprint density at radius 2 is 2.31 bits per heavy atom. The van der Waals surface area contributed by atoms with Crippen LogP contribution in [0.3, 0.4) is 0 Å². The minimum Gasteiger partial charge on any atom is -0.481 e. The first-order valence-electron chi connectivity index (χ1n) is 4.98. The van der Waals surface area contributed by atoms with E-state index in [9.17, 15) is 0 Å². The first-order chi connectivity index (χ1) is 7.80. The molecule has 0 radical (unpaired) electrons. The van der Waals surface area contributed by atoms with Crippen molar-refractivity contribution in [2.24, 2.45) is 0 Å². The maximum absolute atomic E-state index is 5.70. The maximum atomic E-state index is 5.70. The number of nitrogens with zero attached hydrogens (tertiary/aromatic N) is 2. The summed E-state index contributed by atoms with van der Waals surface area (Å²) in [6, 6.07) is 1.80. The van der Waals surface area contributed by atoms with Crippen molar-refractivity contribution in [3.05, 3.63) is 12.3 Å². The molecule has 1 unspecified atom stereocenters. The van der Waals surface area contributed by atoms with Crippen LogP contribution in [0, 0.1) is 0 Å². The Morgan fingerprint density at radius 3 is 2.94 bits per heavy atom. The fourth-order valence-electron chi connectivity index (χ4n) is 1.24. The van der Waals surface area contributed by atoms with Crippen molar-refractivity contribution in [3.63, 3.8) is 0 Å². The molecule has 1 rings (SSSR count). The highest BCUT2D eigenvalue weighted by Crippen LogP contribution is 2.09. The summed E-state index contributed by atoms with van der Waals surface area (Å²) in [6.45, 7) is 0.563. The van der Waals surface area contributed by atoms with Crippen LogP contribution in [0.15, 0.2) is 12.3 Å². The normalized spacial score (nSPS) is 12.2. The summed E-state index contributed by atoms with van der Waals surface area (Å²) in [6.07, 6.45) is 2.43. The minimum atomic E-state index is 0.106. The van der Waals surface area contributed by atoms with Crippen LogP contribution >= 0.6 is 11.6 Å². The lowest BCUT2D eigenvalue weighted by Gasteiger charge is -2.16. The van der Waals surface area contributed by atoms with E-state index in [0.717, 1.165) is 6.42 Å². The molecule has 1 aromatic heterocycles. The zero-order valence-corrected chi connectivity index (χ0v) is 10.2. The Balaban J connectivity index is 2.60. The number of anilines is 1. The molecule has 1 aromatic rings. The lowest BCUT2D eigenvalue weighted by molar-refractivity contribution is 0.184. The minimum absolute atomic E-state index is 0.106. The van der Waals surface area contributed by atoms with E-state index < -0.39 is 0 Å². The summed E-state index contributed by atoms with van der Waals surface area (Å²) in [5.74, 6) is 1.61. The second-order valence-corrected chi connectivity index (χ2v) is 3.57. The van der Waals surface area contributed by atoms with Gasteiger partial charge in [-0.25, -0.2) is 4.98 Å². The molecular weight excluding hydrogens is 230 g/mol. The molecule has 0 aliphatic carbocycles. The highest BCUT2D eigenvalue weighted by molar-refractivity contribution is 6.17. The number of hydrogen-bond acceptors (Lipinski definition) is 5. The van der Waals surface area contributed by atoms with E-state index in [2.05, 4.69) is 15.3 Å². The standard InChI is InChI=1S/C10H16ClN3O2/c1-15-7-8(3-5-11)13-10-12-6-4-9(14-10)16-2/h4,6,8H,3,5,7H2,1-2H3,(H,12,13,14). The van der Waals surface area contributed by atoms with E-state index >= 15 is 0 Å². The van der Waals surface area contributed by atoms with Crippen LogP contribution in [0.4, 0.5) is 5.95 Å². The molecule has 0 saturated heterocycles. The summed E-state index contributed by atoms with van der Waals surface area (Å²) in [5.41, 5.74) is 0. The summed E-state index contributed by atoms with van der Waals surface area (Å²) in [7, 11) is 3.22. The van der Waals surface area contributed by atoms with Crippen LogP contribution in [0.5, 0.6) is 5.88 Å². The summed E-state index contributed by atoms with van der Waals surface area (Å²) in [5, 5.41) is 3.14. The Labute approximate surface area is 100 Å². The van der Waals surface area contributed by atoms with Crippen molar-refractivity contribution in [1.82, 2.24) is 9.97 Å². The quantitative estimate of drug-likeness (QED) is 0.739. The maximum Gasteiger partial charge on any atom is 0.226 e. The number of alkyl halides is 1. The largest absolute Gasteiger partial charge is 0.481 e. The molecule has 16 heavy (non-hydrogen) atoms. The van der Waals surface area contributed by atoms with Gasteiger partial charge in [0.05, 0.1) is 19.8 Å². The van der Waals surface area contributed by atoms with E-state index in [1.165, 1.54) is 0 Å². The van der Waals surface area contributed by atoms with Crippen LogP contribution < -0.4 is 10.1 Å². The third-order valence-corrected chi connectivity index (χ3v) is 2.22. The monoisotopic (exact) mass is 245 g/mol. The predicted octanol–water partition coefficient (Wildman–Crippen LogP) is 1.54. The summed E-state index contributed by atoms with van der Waals surface area (Å²) >= 11 is 5.70. The van der Waals surface area contributed by atoms with Gasteiger partial charge in [0.25, 0.3) is 0 Å². The van der Waals surface area contributed by atoms with Gasteiger partial charge in [0.2, 0.25) is 11.8 Å². The first kappa shape index (κ1) is 13.0. The number of aromatic nitrogens is 2. The topological polar surface area (TPSA) is 56.3 Å². The van der Waals surface area contributed by atoms with Gasteiger partial charge in [0.1, 0.15) is 0 Å². The molecule has 1 atom stereocenters. The van der Waals surface area contributed by atoms with E-state index in [1.54, 1.807) is 26.5 Å². The molecule has 0 amide bonds.